The highest BCUT2D eigenvalue weighted by atomic mass is 16.6. The summed E-state index contributed by atoms with van der Waals surface area (Å²) in [5, 5.41) is 15.1. The first-order chi connectivity index (χ1) is 15.9. The van der Waals surface area contributed by atoms with Crippen molar-refractivity contribution in [3.05, 3.63) is 0 Å². The molecule has 5 aliphatic rings. The molecule has 8 nitrogen and oxygen atoms in total. The van der Waals surface area contributed by atoms with Crippen LogP contribution in [0.2, 0.25) is 0 Å². The molecular weight excluding hydrogens is 424 g/mol. The number of carbonyl (C=O) groups is 3. The van der Waals surface area contributed by atoms with Crippen LogP contribution in [0.25, 0.3) is 0 Å². The normalized spacial score (nSPS) is 46.6. The average molecular weight is 463 g/mol. The summed E-state index contributed by atoms with van der Waals surface area (Å²) in [6, 6.07) is 0.619. The molecule has 0 bridgehead atoms. The number of hydrogen-bond donors (Lipinski definition) is 2. The quantitative estimate of drug-likeness (QED) is 0.348. The van der Waals surface area contributed by atoms with E-state index in [1.54, 1.807) is 6.92 Å². The van der Waals surface area contributed by atoms with Crippen molar-refractivity contribution < 1.29 is 29.0 Å². The van der Waals surface area contributed by atoms with Gasteiger partial charge in [0.1, 0.15) is 12.9 Å². The molecular formula is C25H38N2O6. The fourth-order valence-electron chi connectivity index (χ4n) is 7.94. The SMILES string of the molecule is CCC1C2CC(OCCC=O)CCC2NC2C1CN1C(=O)C3COC(=O)[C@](O)(CC)C3CC21. The van der Waals surface area contributed by atoms with Crippen LogP contribution in [-0.2, 0) is 23.9 Å². The zero-order chi connectivity index (χ0) is 23.3. The Morgan fingerprint density at radius 3 is 2.79 bits per heavy atom. The molecule has 4 heterocycles. The molecule has 5 fully saturated rings. The maximum absolute atomic E-state index is 13.6. The number of ether oxygens (including phenoxy) is 2. The second-order valence-corrected chi connectivity index (χ2v) is 10.8. The first kappa shape index (κ1) is 23.2. The second-order valence-electron chi connectivity index (χ2n) is 10.8. The van der Waals surface area contributed by atoms with Gasteiger partial charge < -0.3 is 29.6 Å². The fourth-order valence-corrected chi connectivity index (χ4v) is 7.94. The lowest BCUT2D eigenvalue weighted by Gasteiger charge is -2.52. The molecule has 0 aromatic heterocycles. The first-order valence-corrected chi connectivity index (χ1v) is 12.9. The molecule has 10 atom stereocenters. The van der Waals surface area contributed by atoms with E-state index in [0.29, 0.717) is 43.2 Å². The van der Waals surface area contributed by atoms with Crippen LogP contribution in [0, 0.1) is 29.6 Å². The van der Waals surface area contributed by atoms with Gasteiger partial charge in [0.05, 0.1) is 18.6 Å². The molecule has 1 saturated carbocycles. The van der Waals surface area contributed by atoms with E-state index in [9.17, 15) is 19.5 Å². The maximum atomic E-state index is 13.6. The number of amides is 1. The number of aliphatic hydroxyl groups is 1. The molecule has 184 valence electrons. The Bertz CT molecular complexity index is 791. The molecule has 9 unspecified atom stereocenters. The molecule has 4 saturated heterocycles. The number of fused-ring (bicyclic) bond motifs is 5. The summed E-state index contributed by atoms with van der Waals surface area (Å²) in [4.78, 5) is 38.7. The Morgan fingerprint density at radius 1 is 1.24 bits per heavy atom. The number of nitrogens with zero attached hydrogens (tertiary/aromatic N) is 1. The minimum atomic E-state index is -1.57. The minimum absolute atomic E-state index is 0.0179. The van der Waals surface area contributed by atoms with Gasteiger partial charge in [0, 0.05) is 37.0 Å². The molecule has 0 aromatic rings. The molecule has 4 aliphatic heterocycles. The summed E-state index contributed by atoms with van der Waals surface area (Å²) in [6.07, 6.45) is 6.56. The van der Waals surface area contributed by atoms with Gasteiger partial charge in [0.2, 0.25) is 5.91 Å². The largest absolute Gasteiger partial charge is 0.463 e. The van der Waals surface area contributed by atoms with Gasteiger partial charge in [-0.1, -0.05) is 20.3 Å². The highest BCUT2D eigenvalue weighted by Gasteiger charge is 2.63. The summed E-state index contributed by atoms with van der Waals surface area (Å²) in [6.45, 7) is 5.36. The van der Waals surface area contributed by atoms with Crippen LogP contribution in [-0.4, -0.2) is 77.8 Å². The van der Waals surface area contributed by atoms with E-state index < -0.39 is 17.5 Å². The molecule has 0 radical (unpaired) electrons. The minimum Gasteiger partial charge on any atom is -0.463 e. The van der Waals surface area contributed by atoms with Gasteiger partial charge >= 0.3 is 5.97 Å². The zero-order valence-corrected chi connectivity index (χ0v) is 19.8. The third kappa shape index (κ3) is 3.64. The van der Waals surface area contributed by atoms with Gasteiger partial charge in [-0.05, 0) is 49.9 Å². The number of carbonyl (C=O) groups excluding carboxylic acids is 3. The average Bonchev–Trinajstić information content (AvgIpc) is 3.19. The highest BCUT2D eigenvalue weighted by molar-refractivity contribution is 5.87. The number of hydrogen-bond acceptors (Lipinski definition) is 7. The second kappa shape index (κ2) is 8.93. The third-order valence-electron chi connectivity index (χ3n) is 9.58. The summed E-state index contributed by atoms with van der Waals surface area (Å²) in [7, 11) is 0. The van der Waals surface area contributed by atoms with E-state index in [0.717, 1.165) is 38.5 Å². The van der Waals surface area contributed by atoms with Crippen LogP contribution >= 0.6 is 0 Å². The standard InChI is InChI=1S/C25H38N2O6/c1-3-15-16-10-14(32-9-5-8-28)6-7-20(16)26-22-17(15)12-27-21(22)11-19-18(23(27)29)13-33-24(30)25(19,31)4-2/h8,14-22,26,31H,3-7,9-13H2,1-2H3/t14?,15?,16?,17?,18?,19?,20?,21?,22?,25-/m0/s1. The van der Waals surface area contributed by atoms with Crippen molar-refractivity contribution in [2.24, 2.45) is 29.6 Å². The maximum Gasteiger partial charge on any atom is 0.338 e. The lowest BCUT2D eigenvalue weighted by atomic mass is 9.63. The van der Waals surface area contributed by atoms with Crippen molar-refractivity contribution in [2.45, 2.75) is 88.6 Å². The van der Waals surface area contributed by atoms with Crippen molar-refractivity contribution in [1.82, 2.24) is 10.2 Å². The molecule has 5 rings (SSSR count). The predicted molar refractivity (Wildman–Crippen MR) is 119 cm³/mol. The highest BCUT2D eigenvalue weighted by Crippen LogP contribution is 2.51. The molecule has 8 heteroatoms. The number of rotatable bonds is 6. The third-order valence-corrected chi connectivity index (χ3v) is 9.58. The summed E-state index contributed by atoms with van der Waals surface area (Å²) in [5.74, 6) is 0.0209. The number of esters is 1. The summed E-state index contributed by atoms with van der Waals surface area (Å²) >= 11 is 0. The summed E-state index contributed by atoms with van der Waals surface area (Å²) < 4.78 is 11.3. The molecule has 0 aromatic carbocycles. The van der Waals surface area contributed by atoms with Crippen LogP contribution < -0.4 is 5.32 Å². The molecule has 1 aliphatic carbocycles. The van der Waals surface area contributed by atoms with Gasteiger partial charge in [0.15, 0.2) is 5.60 Å². The zero-order valence-electron chi connectivity index (χ0n) is 19.8. The van der Waals surface area contributed by atoms with Crippen LogP contribution in [0.3, 0.4) is 0 Å². The Balaban J connectivity index is 1.36. The Morgan fingerprint density at radius 2 is 2.06 bits per heavy atom. The van der Waals surface area contributed by atoms with Gasteiger partial charge in [-0.2, -0.15) is 0 Å². The first-order valence-electron chi connectivity index (χ1n) is 12.9. The van der Waals surface area contributed by atoms with Crippen LogP contribution in [0.1, 0.15) is 58.8 Å². The van der Waals surface area contributed by atoms with Crippen molar-refractivity contribution >= 4 is 18.2 Å². The topological polar surface area (TPSA) is 105 Å². The lowest BCUT2D eigenvalue weighted by molar-refractivity contribution is -0.201. The summed E-state index contributed by atoms with van der Waals surface area (Å²) in [5.41, 5.74) is -1.57. The Labute approximate surface area is 195 Å². The van der Waals surface area contributed by atoms with E-state index in [1.165, 1.54) is 0 Å². The van der Waals surface area contributed by atoms with Crippen molar-refractivity contribution in [3.63, 3.8) is 0 Å². The van der Waals surface area contributed by atoms with Gasteiger partial charge in [-0.15, -0.1) is 0 Å². The van der Waals surface area contributed by atoms with Crippen molar-refractivity contribution in [1.29, 1.82) is 0 Å². The monoisotopic (exact) mass is 462 g/mol. The van der Waals surface area contributed by atoms with Crippen molar-refractivity contribution in [2.75, 3.05) is 19.8 Å². The van der Waals surface area contributed by atoms with E-state index in [-0.39, 0.29) is 43.0 Å². The van der Waals surface area contributed by atoms with Crippen LogP contribution in [0.4, 0.5) is 0 Å². The fraction of sp³-hybridized carbons (Fsp3) is 0.880. The molecule has 2 N–H and O–H groups in total. The van der Waals surface area contributed by atoms with Crippen molar-refractivity contribution in [3.8, 4) is 0 Å². The smallest absolute Gasteiger partial charge is 0.338 e. The van der Waals surface area contributed by atoms with E-state index in [1.807, 2.05) is 4.90 Å². The van der Waals surface area contributed by atoms with Crippen LogP contribution in [0.5, 0.6) is 0 Å². The molecule has 33 heavy (non-hydrogen) atoms. The predicted octanol–water partition coefficient (Wildman–Crippen LogP) is 1.29. The number of nitrogens with one attached hydrogen (secondary N) is 1. The molecule has 0 spiro atoms. The lowest BCUT2D eigenvalue weighted by Crippen LogP contribution is -2.66. The number of piperidine rings is 2. The van der Waals surface area contributed by atoms with Gasteiger partial charge in [-0.25, -0.2) is 4.79 Å². The Kier molecular flexibility index (Phi) is 6.29. The number of aldehydes is 1. The molecule has 1 amide bonds. The Hall–Kier alpha value is -1.51. The van der Waals surface area contributed by atoms with E-state index >= 15 is 0 Å². The van der Waals surface area contributed by atoms with Gasteiger partial charge in [0.25, 0.3) is 0 Å². The number of cyclic esters (lactones) is 1. The van der Waals surface area contributed by atoms with Gasteiger partial charge in [-0.3, -0.25) is 4.79 Å². The van der Waals surface area contributed by atoms with Crippen LogP contribution in [0.15, 0.2) is 0 Å². The van der Waals surface area contributed by atoms with E-state index in [2.05, 4.69) is 12.2 Å². The van der Waals surface area contributed by atoms with E-state index in [4.69, 9.17) is 9.47 Å².